The van der Waals surface area contributed by atoms with Crippen LogP contribution >= 0.6 is 31.9 Å². The van der Waals surface area contributed by atoms with Gasteiger partial charge >= 0.3 is 0 Å². The van der Waals surface area contributed by atoms with Crippen molar-refractivity contribution in [3.8, 4) is 5.75 Å². The summed E-state index contributed by atoms with van der Waals surface area (Å²) in [6, 6.07) is 10.6. The summed E-state index contributed by atoms with van der Waals surface area (Å²) in [5.41, 5.74) is 3.01. The van der Waals surface area contributed by atoms with Gasteiger partial charge in [0.15, 0.2) is 0 Å². The van der Waals surface area contributed by atoms with Crippen molar-refractivity contribution in [2.24, 2.45) is 0 Å². The lowest BCUT2D eigenvalue weighted by Crippen LogP contribution is -1.98. The Bertz CT molecular complexity index is 599. The minimum absolute atomic E-state index is 0.0662. The molecule has 100 valence electrons. The summed E-state index contributed by atoms with van der Waals surface area (Å²) in [7, 11) is 1.63. The summed E-state index contributed by atoms with van der Waals surface area (Å²) in [5.74, 6) is 0.556. The van der Waals surface area contributed by atoms with Gasteiger partial charge in [0.2, 0.25) is 0 Å². The molecule has 0 fully saturated rings. The predicted octanol–water partition coefficient (Wildman–Crippen LogP) is 5.39. The molecule has 0 amide bonds. The highest BCUT2D eigenvalue weighted by Gasteiger charge is 2.16. The average Bonchev–Trinajstić information content (AvgIpc) is 2.40. The first-order chi connectivity index (χ1) is 9.02. The van der Waals surface area contributed by atoms with Gasteiger partial charge in [-0.15, -0.1) is 0 Å². The van der Waals surface area contributed by atoms with Crippen molar-refractivity contribution in [1.29, 1.82) is 0 Å². The van der Waals surface area contributed by atoms with Crippen LogP contribution in [0.4, 0.5) is 4.39 Å². The fourth-order valence-corrected chi connectivity index (χ4v) is 3.68. The zero-order chi connectivity index (χ0) is 14.0. The Balaban J connectivity index is 2.43. The lowest BCUT2D eigenvalue weighted by Gasteiger charge is -2.16. The van der Waals surface area contributed by atoms with Crippen LogP contribution in [0.25, 0.3) is 0 Å². The maximum atomic E-state index is 13.4. The molecule has 0 saturated carbocycles. The van der Waals surface area contributed by atoms with Crippen LogP contribution in [0.1, 0.15) is 21.5 Å². The normalized spacial score (nSPS) is 12.3. The van der Waals surface area contributed by atoms with E-state index in [4.69, 9.17) is 4.74 Å². The zero-order valence-corrected chi connectivity index (χ0v) is 13.8. The number of methoxy groups -OCH3 is 1. The number of ether oxygens (including phenoxy) is 1. The summed E-state index contributed by atoms with van der Waals surface area (Å²) >= 11 is 7.16. The first kappa shape index (κ1) is 14.5. The van der Waals surface area contributed by atoms with E-state index in [1.54, 1.807) is 19.2 Å². The number of aryl methyl sites for hydroxylation is 1. The first-order valence-corrected chi connectivity index (χ1v) is 7.47. The summed E-state index contributed by atoms with van der Waals surface area (Å²) < 4.78 is 19.5. The number of hydrogen-bond donors (Lipinski definition) is 0. The molecule has 0 heterocycles. The molecule has 0 N–H and O–H groups in total. The van der Waals surface area contributed by atoms with Crippen LogP contribution in [0.5, 0.6) is 5.75 Å². The van der Waals surface area contributed by atoms with Gasteiger partial charge in [-0.2, -0.15) is 0 Å². The molecule has 0 aliphatic carbocycles. The Kier molecular flexibility index (Phi) is 4.63. The Morgan fingerprint density at radius 2 is 1.84 bits per heavy atom. The fraction of sp³-hybridized carbons (Fsp3) is 0.200. The maximum Gasteiger partial charge on any atom is 0.123 e. The topological polar surface area (TPSA) is 9.23 Å². The minimum Gasteiger partial charge on any atom is -0.497 e. The molecule has 1 atom stereocenters. The SMILES string of the molecule is COc1ccc(C(Br)c2cc(F)ccc2C)c(Br)c1. The molecule has 0 aliphatic rings. The average molecular weight is 388 g/mol. The zero-order valence-electron chi connectivity index (χ0n) is 10.6. The van der Waals surface area contributed by atoms with Crippen molar-refractivity contribution in [2.45, 2.75) is 11.8 Å². The lowest BCUT2D eigenvalue weighted by molar-refractivity contribution is 0.414. The van der Waals surface area contributed by atoms with E-state index in [9.17, 15) is 4.39 Å². The van der Waals surface area contributed by atoms with Crippen molar-refractivity contribution >= 4 is 31.9 Å². The molecule has 0 bridgehead atoms. The molecular weight excluding hydrogens is 375 g/mol. The van der Waals surface area contributed by atoms with Gasteiger partial charge < -0.3 is 4.74 Å². The highest BCUT2D eigenvalue weighted by molar-refractivity contribution is 9.11. The summed E-state index contributed by atoms with van der Waals surface area (Å²) in [5, 5.41) is 0. The second-order valence-corrected chi connectivity index (χ2v) is 6.02. The number of benzene rings is 2. The predicted molar refractivity (Wildman–Crippen MR) is 82.6 cm³/mol. The van der Waals surface area contributed by atoms with E-state index in [0.717, 1.165) is 26.9 Å². The molecule has 4 heteroatoms. The molecule has 2 aromatic carbocycles. The van der Waals surface area contributed by atoms with E-state index in [-0.39, 0.29) is 10.6 Å². The van der Waals surface area contributed by atoms with E-state index < -0.39 is 0 Å². The van der Waals surface area contributed by atoms with Gasteiger partial charge in [0, 0.05) is 4.47 Å². The highest BCUT2D eigenvalue weighted by atomic mass is 79.9. The number of halogens is 3. The quantitative estimate of drug-likeness (QED) is 0.641. The second kappa shape index (κ2) is 6.06. The van der Waals surface area contributed by atoms with Crippen molar-refractivity contribution in [2.75, 3.05) is 7.11 Å². The Labute approximate surface area is 129 Å². The molecule has 1 unspecified atom stereocenters. The third-order valence-corrected chi connectivity index (χ3v) is 4.67. The first-order valence-electron chi connectivity index (χ1n) is 5.76. The Morgan fingerprint density at radius 1 is 1.11 bits per heavy atom. The van der Waals surface area contributed by atoms with Crippen molar-refractivity contribution in [3.63, 3.8) is 0 Å². The smallest absolute Gasteiger partial charge is 0.123 e. The largest absolute Gasteiger partial charge is 0.497 e. The van der Waals surface area contributed by atoms with Crippen LogP contribution in [-0.4, -0.2) is 7.11 Å². The second-order valence-electron chi connectivity index (χ2n) is 4.25. The molecule has 0 aromatic heterocycles. The molecule has 0 spiro atoms. The van der Waals surface area contributed by atoms with Crippen LogP contribution in [0.3, 0.4) is 0 Å². The Morgan fingerprint density at radius 3 is 2.47 bits per heavy atom. The van der Waals surface area contributed by atoms with E-state index in [0.29, 0.717) is 0 Å². The molecular formula is C15H13Br2FO. The van der Waals surface area contributed by atoms with Gasteiger partial charge in [-0.25, -0.2) is 4.39 Å². The molecule has 2 aromatic rings. The number of hydrogen-bond acceptors (Lipinski definition) is 1. The van der Waals surface area contributed by atoms with Gasteiger partial charge in [-0.1, -0.05) is 44.0 Å². The highest BCUT2D eigenvalue weighted by Crippen LogP contribution is 2.38. The van der Waals surface area contributed by atoms with E-state index in [1.807, 2.05) is 25.1 Å². The number of alkyl halides is 1. The van der Waals surface area contributed by atoms with Crippen LogP contribution < -0.4 is 4.74 Å². The summed E-state index contributed by atoms with van der Waals surface area (Å²) in [4.78, 5) is -0.0662. The Hall–Kier alpha value is -0.870. The molecule has 0 radical (unpaired) electrons. The van der Waals surface area contributed by atoms with Crippen molar-refractivity contribution in [1.82, 2.24) is 0 Å². The van der Waals surface area contributed by atoms with Crippen LogP contribution in [0.2, 0.25) is 0 Å². The van der Waals surface area contributed by atoms with Gasteiger partial charge in [-0.05, 0) is 47.9 Å². The van der Waals surface area contributed by atoms with E-state index >= 15 is 0 Å². The van der Waals surface area contributed by atoms with Crippen LogP contribution in [0.15, 0.2) is 40.9 Å². The maximum absolute atomic E-state index is 13.4. The monoisotopic (exact) mass is 386 g/mol. The standard InChI is InChI=1S/C15H13Br2FO/c1-9-3-4-10(18)7-13(9)15(17)12-6-5-11(19-2)8-14(12)16/h3-8,15H,1-2H3. The molecule has 2 rings (SSSR count). The van der Waals surface area contributed by atoms with Crippen LogP contribution in [0, 0.1) is 12.7 Å². The third-order valence-electron chi connectivity index (χ3n) is 3.00. The van der Waals surface area contributed by atoms with Gasteiger partial charge in [0.1, 0.15) is 11.6 Å². The fourth-order valence-electron chi connectivity index (χ4n) is 1.89. The molecule has 1 nitrogen and oxygen atoms in total. The summed E-state index contributed by atoms with van der Waals surface area (Å²) in [6.45, 7) is 1.97. The third kappa shape index (κ3) is 3.18. The van der Waals surface area contributed by atoms with Gasteiger partial charge in [-0.3, -0.25) is 0 Å². The molecule has 19 heavy (non-hydrogen) atoms. The van der Waals surface area contributed by atoms with Gasteiger partial charge in [0.05, 0.1) is 11.9 Å². The summed E-state index contributed by atoms with van der Waals surface area (Å²) in [6.07, 6.45) is 0. The van der Waals surface area contributed by atoms with Gasteiger partial charge in [0.25, 0.3) is 0 Å². The van der Waals surface area contributed by atoms with Crippen molar-refractivity contribution < 1.29 is 9.13 Å². The minimum atomic E-state index is -0.227. The van der Waals surface area contributed by atoms with Crippen molar-refractivity contribution in [3.05, 3.63) is 63.4 Å². The molecule has 0 aliphatic heterocycles. The van der Waals surface area contributed by atoms with E-state index in [2.05, 4.69) is 31.9 Å². The van der Waals surface area contributed by atoms with E-state index in [1.165, 1.54) is 6.07 Å². The van der Waals surface area contributed by atoms with Crippen LogP contribution in [-0.2, 0) is 0 Å². The lowest BCUT2D eigenvalue weighted by atomic mass is 10.0. The molecule has 0 saturated heterocycles. The number of rotatable bonds is 3.